The number of rotatable bonds is 5. The topological polar surface area (TPSA) is 63.7 Å². The van der Waals surface area contributed by atoms with Crippen LogP contribution >= 0.6 is 0 Å². The van der Waals surface area contributed by atoms with E-state index < -0.39 is 16.0 Å². The van der Waals surface area contributed by atoms with Crippen molar-refractivity contribution in [3.05, 3.63) is 0 Å². The van der Waals surface area contributed by atoms with E-state index in [0.717, 1.165) is 12.8 Å². The maximum absolute atomic E-state index is 11.3. The number of hydrogen-bond acceptors (Lipinski definition) is 4. The predicted octanol–water partition coefficient (Wildman–Crippen LogP) is 0.365. The van der Waals surface area contributed by atoms with Gasteiger partial charge in [-0.1, -0.05) is 13.3 Å². The molecule has 1 heterocycles. The summed E-state index contributed by atoms with van der Waals surface area (Å²) in [4.78, 5) is 11.2. The molecule has 6 heteroatoms. The van der Waals surface area contributed by atoms with Gasteiger partial charge in [-0.2, -0.15) is 4.31 Å². The second kappa shape index (κ2) is 5.46. The first-order valence-corrected chi connectivity index (χ1v) is 6.80. The van der Waals surface area contributed by atoms with Crippen molar-refractivity contribution in [3.8, 4) is 0 Å². The van der Waals surface area contributed by atoms with Crippen molar-refractivity contribution in [2.24, 2.45) is 0 Å². The van der Waals surface area contributed by atoms with Crippen LogP contribution in [0.1, 0.15) is 26.2 Å². The van der Waals surface area contributed by atoms with E-state index >= 15 is 0 Å². The van der Waals surface area contributed by atoms with Crippen molar-refractivity contribution in [2.45, 2.75) is 26.2 Å². The molecule has 0 spiro atoms. The molecule has 1 fully saturated rings. The Morgan fingerprint density at radius 3 is 2.73 bits per heavy atom. The van der Waals surface area contributed by atoms with Crippen molar-refractivity contribution >= 4 is 16.0 Å². The highest BCUT2D eigenvalue weighted by molar-refractivity contribution is 7.89. The zero-order chi connectivity index (χ0) is 11.3. The van der Waals surface area contributed by atoms with E-state index in [2.05, 4.69) is 0 Å². The molecule has 0 aromatic heterocycles. The Morgan fingerprint density at radius 2 is 2.20 bits per heavy atom. The highest BCUT2D eigenvalue weighted by Crippen LogP contribution is 2.12. The second-order valence-corrected chi connectivity index (χ2v) is 5.67. The van der Waals surface area contributed by atoms with Gasteiger partial charge in [0.25, 0.3) is 0 Å². The zero-order valence-corrected chi connectivity index (χ0v) is 9.75. The third-order valence-corrected chi connectivity index (χ3v) is 4.17. The molecule has 0 amide bonds. The van der Waals surface area contributed by atoms with E-state index in [9.17, 15) is 13.2 Å². The van der Waals surface area contributed by atoms with Crippen molar-refractivity contribution in [1.29, 1.82) is 0 Å². The molecular weight excluding hydrogens is 218 g/mol. The summed E-state index contributed by atoms with van der Waals surface area (Å²) in [5, 5.41) is 0. The molecule has 1 saturated heterocycles. The lowest BCUT2D eigenvalue weighted by Gasteiger charge is -2.12. The molecule has 88 valence electrons. The summed E-state index contributed by atoms with van der Waals surface area (Å²) in [7, 11) is -3.18. The van der Waals surface area contributed by atoms with Crippen LogP contribution < -0.4 is 0 Å². The first-order chi connectivity index (χ1) is 7.06. The van der Waals surface area contributed by atoms with Crippen LogP contribution in [-0.4, -0.2) is 44.1 Å². The summed E-state index contributed by atoms with van der Waals surface area (Å²) in [5.41, 5.74) is 0. The van der Waals surface area contributed by atoms with Gasteiger partial charge < -0.3 is 4.74 Å². The predicted molar refractivity (Wildman–Crippen MR) is 55.8 cm³/mol. The molecule has 0 unspecified atom stereocenters. The molecule has 0 aliphatic carbocycles. The lowest BCUT2D eigenvalue weighted by Crippen LogP contribution is -2.32. The van der Waals surface area contributed by atoms with Crippen LogP contribution in [0.2, 0.25) is 0 Å². The summed E-state index contributed by atoms with van der Waals surface area (Å²) < 4.78 is 28.8. The Labute approximate surface area is 90.4 Å². The van der Waals surface area contributed by atoms with Gasteiger partial charge >= 0.3 is 5.97 Å². The van der Waals surface area contributed by atoms with Gasteiger partial charge in [-0.3, -0.25) is 4.79 Å². The number of ether oxygens (including phenoxy) is 1. The molecule has 5 nitrogen and oxygen atoms in total. The molecule has 0 radical (unpaired) electrons. The average molecular weight is 235 g/mol. The molecule has 0 atom stereocenters. The molecule has 0 bridgehead atoms. The molecule has 1 rings (SSSR count). The third-order valence-electron chi connectivity index (χ3n) is 2.27. The first-order valence-electron chi connectivity index (χ1n) is 5.19. The van der Waals surface area contributed by atoms with Crippen LogP contribution in [0.15, 0.2) is 0 Å². The van der Waals surface area contributed by atoms with E-state index in [-0.39, 0.29) is 12.3 Å². The maximum atomic E-state index is 11.3. The number of carbonyl (C=O) groups is 1. The van der Waals surface area contributed by atoms with Crippen LogP contribution in [0.3, 0.4) is 0 Å². The Hall–Kier alpha value is -0.620. The van der Waals surface area contributed by atoms with Crippen molar-refractivity contribution in [3.63, 3.8) is 0 Å². The minimum absolute atomic E-state index is 0.133. The Bertz CT molecular complexity index is 312. The fraction of sp³-hybridized carbons (Fsp3) is 0.889. The quantitative estimate of drug-likeness (QED) is 0.510. The van der Waals surface area contributed by atoms with Gasteiger partial charge in [0.2, 0.25) is 10.0 Å². The van der Waals surface area contributed by atoms with Crippen LogP contribution in [0, 0.1) is 0 Å². The summed E-state index contributed by atoms with van der Waals surface area (Å²) in [5.74, 6) is -0.302. The van der Waals surface area contributed by atoms with Gasteiger partial charge in [-0.05, 0) is 12.8 Å². The van der Waals surface area contributed by atoms with Gasteiger partial charge in [0, 0.05) is 6.54 Å². The Balaban J connectivity index is 2.32. The SMILES string of the molecule is CCCCOC(=O)CN1CCCS1(=O)=O. The van der Waals surface area contributed by atoms with Gasteiger partial charge in [0.05, 0.1) is 12.4 Å². The van der Waals surface area contributed by atoms with Crippen LogP contribution in [0.5, 0.6) is 0 Å². The van der Waals surface area contributed by atoms with E-state index in [1.165, 1.54) is 4.31 Å². The first kappa shape index (κ1) is 12.4. The van der Waals surface area contributed by atoms with Crippen LogP contribution in [-0.2, 0) is 19.6 Å². The normalized spacial score (nSPS) is 20.3. The molecule has 0 aromatic rings. The van der Waals surface area contributed by atoms with Gasteiger partial charge in [0.1, 0.15) is 6.54 Å². The van der Waals surface area contributed by atoms with Crippen molar-refractivity contribution in [1.82, 2.24) is 4.31 Å². The molecule has 0 N–H and O–H groups in total. The maximum Gasteiger partial charge on any atom is 0.321 e. The summed E-state index contributed by atoms with van der Waals surface area (Å²) in [6.07, 6.45) is 2.37. The van der Waals surface area contributed by atoms with Gasteiger partial charge in [-0.25, -0.2) is 8.42 Å². The molecule has 1 aliphatic rings. The largest absolute Gasteiger partial charge is 0.465 e. The minimum atomic E-state index is -3.18. The zero-order valence-electron chi connectivity index (χ0n) is 8.94. The second-order valence-electron chi connectivity index (χ2n) is 3.58. The minimum Gasteiger partial charge on any atom is -0.465 e. The smallest absolute Gasteiger partial charge is 0.321 e. The molecule has 0 saturated carbocycles. The Kier molecular flexibility index (Phi) is 4.53. The Morgan fingerprint density at radius 1 is 1.47 bits per heavy atom. The summed E-state index contributed by atoms with van der Waals surface area (Å²) >= 11 is 0. The van der Waals surface area contributed by atoms with E-state index in [1.807, 2.05) is 6.92 Å². The number of sulfonamides is 1. The summed E-state index contributed by atoms with van der Waals surface area (Å²) in [6.45, 7) is 2.68. The fourth-order valence-electron chi connectivity index (χ4n) is 1.39. The third kappa shape index (κ3) is 3.79. The monoisotopic (exact) mass is 235 g/mol. The van der Waals surface area contributed by atoms with E-state index in [0.29, 0.717) is 19.6 Å². The summed E-state index contributed by atoms with van der Waals surface area (Å²) in [6, 6.07) is 0. The van der Waals surface area contributed by atoms with Crippen LogP contribution in [0.25, 0.3) is 0 Å². The molecule has 15 heavy (non-hydrogen) atoms. The number of unbranched alkanes of at least 4 members (excludes halogenated alkanes) is 1. The van der Waals surface area contributed by atoms with Crippen LogP contribution in [0.4, 0.5) is 0 Å². The van der Waals surface area contributed by atoms with Gasteiger partial charge in [-0.15, -0.1) is 0 Å². The number of esters is 1. The highest BCUT2D eigenvalue weighted by Gasteiger charge is 2.30. The van der Waals surface area contributed by atoms with E-state index in [4.69, 9.17) is 4.74 Å². The van der Waals surface area contributed by atoms with E-state index in [1.54, 1.807) is 0 Å². The van der Waals surface area contributed by atoms with Crippen molar-refractivity contribution in [2.75, 3.05) is 25.4 Å². The number of carbonyl (C=O) groups excluding carboxylic acids is 1. The standard InChI is InChI=1S/C9H17NO4S/c1-2-3-6-14-9(11)8-10-5-4-7-15(10,12)13/h2-8H2,1H3. The number of hydrogen-bond donors (Lipinski definition) is 0. The molecule has 0 aromatic carbocycles. The number of nitrogens with zero attached hydrogens (tertiary/aromatic N) is 1. The van der Waals surface area contributed by atoms with Gasteiger partial charge in [0.15, 0.2) is 0 Å². The lowest BCUT2D eigenvalue weighted by atomic mass is 10.4. The van der Waals surface area contributed by atoms with Crippen molar-refractivity contribution < 1.29 is 17.9 Å². The lowest BCUT2D eigenvalue weighted by molar-refractivity contribution is -0.143. The highest BCUT2D eigenvalue weighted by atomic mass is 32.2. The fourth-order valence-corrected chi connectivity index (χ4v) is 2.85. The average Bonchev–Trinajstić information content (AvgIpc) is 2.46. The molecular formula is C9H17NO4S. The molecule has 1 aliphatic heterocycles.